The van der Waals surface area contributed by atoms with E-state index in [1.165, 1.54) is 11.8 Å². The lowest BCUT2D eigenvalue weighted by atomic mass is 10.1. The first-order valence-corrected chi connectivity index (χ1v) is 10.6. The van der Waals surface area contributed by atoms with Crippen molar-refractivity contribution in [1.82, 2.24) is 9.55 Å². The fourth-order valence-corrected chi connectivity index (χ4v) is 5.09. The molecule has 0 bridgehead atoms. The lowest BCUT2D eigenvalue weighted by Gasteiger charge is -2.10. The molecule has 3 aromatic rings. The summed E-state index contributed by atoms with van der Waals surface area (Å²) >= 11 is 2.88. The number of amides is 1. The van der Waals surface area contributed by atoms with E-state index in [2.05, 4.69) is 17.2 Å². The standard InChI is InChI=1S/C20H19N3O2S2/c1-12-10-16-18(27-12)19(25)23(2)20(22-16)26-11-17(24)21-15-9-5-7-13-6-3-4-8-14(13)15/h3-9,12H,10-11H2,1-2H3,(H,21,24)/t12-/m0/s1. The molecule has 4 rings (SSSR count). The maximum absolute atomic E-state index is 12.5. The molecule has 1 N–H and O–H groups in total. The number of benzene rings is 2. The topological polar surface area (TPSA) is 64.0 Å². The van der Waals surface area contributed by atoms with Crippen LogP contribution in [0.5, 0.6) is 0 Å². The van der Waals surface area contributed by atoms with E-state index in [0.717, 1.165) is 33.5 Å². The SMILES string of the molecule is C[C@H]1Cc2nc(SCC(=O)Nc3cccc4ccccc34)n(C)c(=O)c2S1. The highest BCUT2D eigenvalue weighted by Crippen LogP contribution is 2.34. The van der Waals surface area contributed by atoms with Gasteiger partial charge in [-0.1, -0.05) is 55.1 Å². The van der Waals surface area contributed by atoms with Gasteiger partial charge in [-0.2, -0.15) is 0 Å². The molecule has 138 valence electrons. The van der Waals surface area contributed by atoms with Crippen LogP contribution in [0.2, 0.25) is 0 Å². The van der Waals surface area contributed by atoms with Gasteiger partial charge in [0.15, 0.2) is 5.16 Å². The molecule has 27 heavy (non-hydrogen) atoms. The van der Waals surface area contributed by atoms with Crippen molar-refractivity contribution < 1.29 is 4.79 Å². The van der Waals surface area contributed by atoms with Crippen LogP contribution in [0.3, 0.4) is 0 Å². The number of rotatable bonds is 4. The van der Waals surface area contributed by atoms with E-state index < -0.39 is 0 Å². The molecule has 1 atom stereocenters. The second-order valence-electron chi connectivity index (χ2n) is 6.53. The van der Waals surface area contributed by atoms with Gasteiger partial charge in [0.2, 0.25) is 5.91 Å². The van der Waals surface area contributed by atoms with E-state index in [0.29, 0.717) is 10.4 Å². The average molecular weight is 398 g/mol. The van der Waals surface area contributed by atoms with Gasteiger partial charge >= 0.3 is 0 Å². The van der Waals surface area contributed by atoms with Crippen molar-refractivity contribution in [2.45, 2.75) is 28.6 Å². The van der Waals surface area contributed by atoms with Gasteiger partial charge in [-0.15, -0.1) is 11.8 Å². The van der Waals surface area contributed by atoms with Crippen LogP contribution in [0.1, 0.15) is 12.6 Å². The smallest absolute Gasteiger partial charge is 0.267 e. The second kappa shape index (κ2) is 7.40. The highest BCUT2D eigenvalue weighted by Gasteiger charge is 2.25. The van der Waals surface area contributed by atoms with Gasteiger partial charge in [0, 0.05) is 29.8 Å². The number of aromatic nitrogens is 2. The van der Waals surface area contributed by atoms with Crippen LogP contribution >= 0.6 is 23.5 Å². The molecule has 0 aliphatic carbocycles. The zero-order valence-electron chi connectivity index (χ0n) is 15.1. The molecule has 2 heterocycles. The van der Waals surface area contributed by atoms with Gasteiger partial charge in [-0.25, -0.2) is 4.98 Å². The maximum atomic E-state index is 12.5. The predicted molar refractivity (Wildman–Crippen MR) is 112 cm³/mol. The molecule has 1 amide bonds. The van der Waals surface area contributed by atoms with Crippen LogP contribution < -0.4 is 10.9 Å². The number of nitrogens with one attached hydrogen (secondary N) is 1. The minimum atomic E-state index is -0.117. The first-order chi connectivity index (χ1) is 13.0. The summed E-state index contributed by atoms with van der Waals surface area (Å²) in [7, 11) is 1.71. The Morgan fingerprint density at radius 2 is 2.07 bits per heavy atom. The number of anilines is 1. The van der Waals surface area contributed by atoms with Crippen LogP contribution in [-0.4, -0.2) is 26.5 Å². The molecule has 0 spiro atoms. The van der Waals surface area contributed by atoms with E-state index in [-0.39, 0.29) is 17.2 Å². The molecule has 0 unspecified atom stereocenters. The molecule has 0 saturated carbocycles. The molecule has 7 heteroatoms. The Balaban J connectivity index is 1.49. The normalized spacial score (nSPS) is 15.7. The van der Waals surface area contributed by atoms with Crippen molar-refractivity contribution in [3.8, 4) is 0 Å². The summed E-state index contributed by atoms with van der Waals surface area (Å²) in [6.07, 6.45) is 0.797. The lowest BCUT2D eigenvalue weighted by Crippen LogP contribution is -2.23. The highest BCUT2D eigenvalue weighted by molar-refractivity contribution is 8.00. The van der Waals surface area contributed by atoms with Gasteiger partial charge in [0.25, 0.3) is 5.56 Å². The second-order valence-corrected chi connectivity index (χ2v) is 8.92. The summed E-state index contributed by atoms with van der Waals surface area (Å²) in [4.78, 5) is 30.3. The molecular formula is C20H19N3O2S2. The fraction of sp³-hybridized carbons (Fsp3) is 0.250. The van der Waals surface area contributed by atoms with Crippen molar-refractivity contribution in [3.05, 3.63) is 58.5 Å². The van der Waals surface area contributed by atoms with Crippen molar-refractivity contribution in [2.75, 3.05) is 11.1 Å². The Bertz CT molecular complexity index is 1090. The lowest BCUT2D eigenvalue weighted by molar-refractivity contribution is -0.113. The zero-order valence-corrected chi connectivity index (χ0v) is 16.7. The summed E-state index contributed by atoms with van der Waals surface area (Å²) < 4.78 is 1.54. The largest absolute Gasteiger partial charge is 0.325 e. The first kappa shape index (κ1) is 18.1. The van der Waals surface area contributed by atoms with Crippen LogP contribution in [0, 0.1) is 0 Å². The first-order valence-electron chi connectivity index (χ1n) is 8.70. The molecule has 1 aromatic heterocycles. The van der Waals surface area contributed by atoms with Gasteiger partial charge in [-0.05, 0) is 11.5 Å². The maximum Gasteiger partial charge on any atom is 0.267 e. The Labute approximate surface area is 165 Å². The van der Waals surface area contributed by atoms with E-state index in [4.69, 9.17) is 0 Å². The fourth-order valence-electron chi connectivity index (χ4n) is 3.16. The molecular weight excluding hydrogens is 378 g/mol. The Hall–Kier alpha value is -2.25. The van der Waals surface area contributed by atoms with Crippen molar-refractivity contribution in [3.63, 3.8) is 0 Å². The van der Waals surface area contributed by atoms with E-state index in [1.807, 2.05) is 42.5 Å². The van der Waals surface area contributed by atoms with Gasteiger partial charge < -0.3 is 5.32 Å². The summed E-state index contributed by atoms with van der Waals surface area (Å²) in [5.74, 6) is 0.0826. The van der Waals surface area contributed by atoms with Crippen molar-refractivity contribution in [2.24, 2.45) is 7.05 Å². The average Bonchev–Trinajstić information content (AvgIpc) is 3.04. The number of thioether (sulfide) groups is 2. The Morgan fingerprint density at radius 3 is 2.93 bits per heavy atom. The molecule has 0 saturated heterocycles. The third kappa shape index (κ3) is 3.61. The van der Waals surface area contributed by atoms with Gasteiger partial charge in [0.1, 0.15) is 0 Å². The molecule has 2 aromatic carbocycles. The number of fused-ring (bicyclic) bond motifs is 2. The zero-order chi connectivity index (χ0) is 19.0. The van der Waals surface area contributed by atoms with Gasteiger partial charge in [0.05, 0.1) is 16.3 Å². The summed E-state index contributed by atoms with van der Waals surface area (Å²) in [6, 6.07) is 13.8. The molecule has 1 aliphatic heterocycles. The van der Waals surface area contributed by atoms with E-state index in [1.54, 1.807) is 23.4 Å². The number of carbonyl (C=O) groups is 1. The molecule has 5 nitrogen and oxygen atoms in total. The summed E-state index contributed by atoms with van der Waals surface area (Å²) in [5, 5.41) is 6.01. The summed E-state index contributed by atoms with van der Waals surface area (Å²) in [6.45, 7) is 2.09. The number of hydrogen-bond acceptors (Lipinski definition) is 5. The van der Waals surface area contributed by atoms with Crippen molar-refractivity contribution >= 4 is 45.9 Å². The van der Waals surface area contributed by atoms with Crippen molar-refractivity contribution in [1.29, 1.82) is 0 Å². The third-order valence-electron chi connectivity index (χ3n) is 4.47. The summed E-state index contributed by atoms with van der Waals surface area (Å²) in [5.41, 5.74) is 1.62. The monoisotopic (exact) mass is 397 g/mol. The minimum absolute atomic E-state index is 0.0219. The Kier molecular flexibility index (Phi) is 4.97. The highest BCUT2D eigenvalue weighted by atomic mass is 32.2. The number of nitrogens with zero attached hydrogens (tertiary/aromatic N) is 2. The Morgan fingerprint density at radius 1 is 1.30 bits per heavy atom. The van der Waals surface area contributed by atoms with E-state index >= 15 is 0 Å². The van der Waals surface area contributed by atoms with Crippen LogP contribution in [0.4, 0.5) is 5.69 Å². The quantitative estimate of drug-likeness (QED) is 0.537. The minimum Gasteiger partial charge on any atom is -0.325 e. The number of hydrogen-bond donors (Lipinski definition) is 1. The van der Waals surface area contributed by atoms with Crippen LogP contribution in [0.25, 0.3) is 10.8 Å². The molecule has 0 radical (unpaired) electrons. The third-order valence-corrected chi connectivity index (χ3v) is 6.72. The molecule has 0 fully saturated rings. The predicted octanol–water partition coefficient (Wildman–Crippen LogP) is 3.70. The van der Waals surface area contributed by atoms with Crippen LogP contribution in [-0.2, 0) is 18.3 Å². The van der Waals surface area contributed by atoms with Crippen LogP contribution in [0.15, 0.2) is 57.3 Å². The molecule has 1 aliphatic rings. The van der Waals surface area contributed by atoms with Gasteiger partial charge in [-0.3, -0.25) is 14.2 Å². The number of carbonyl (C=O) groups excluding carboxylic acids is 1. The van der Waals surface area contributed by atoms with E-state index in [9.17, 15) is 9.59 Å².